The van der Waals surface area contributed by atoms with Gasteiger partial charge in [0.2, 0.25) is 5.91 Å². The van der Waals surface area contributed by atoms with Gasteiger partial charge in [-0.15, -0.1) is 0 Å². The average Bonchev–Trinajstić information content (AvgIpc) is 3.23. The van der Waals surface area contributed by atoms with Gasteiger partial charge in [0.1, 0.15) is 17.6 Å². The molecule has 1 aliphatic heterocycles. The minimum absolute atomic E-state index is 0.0211. The second-order valence-corrected chi connectivity index (χ2v) is 8.96. The average molecular weight is 463 g/mol. The smallest absolute Gasteiger partial charge is 0.220 e. The van der Waals surface area contributed by atoms with Crippen molar-refractivity contribution in [2.24, 2.45) is 5.92 Å². The number of ether oxygens (including phenoxy) is 1. The number of fused-ring (bicyclic) bond motifs is 1. The number of carbonyl (C=O) groups is 1. The Kier molecular flexibility index (Phi) is 6.98. The molecule has 3 aromatic rings. The first-order valence-corrected chi connectivity index (χ1v) is 11.6. The van der Waals surface area contributed by atoms with Gasteiger partial charge in [-0.2, -0.15) is 10.4 Å². The fourth-order valence-corrected chi connectivity index (χ4v) is 4.32. The molecule has 9 nitrogen and oxygen atoms in total. The van der Waals surface area contributed by atoms with Gasteiger partial charge in [0.15, 0.2) is 0 Å². The molecule has 0 saturated carbocycles. The number of hydrogen-bond acceptors (Lipinski definition) is 7. The van der Waals surface area contributed by atoms with Crippen molar-refractivity contribution in [1.29, 1.82) is 5.26 Å². The molecule has 1 amide bonds. The van der Waals surface area contributed by atoms with Gasteiger partial charge in [-0.3, -0.25) is 4.79 Å². The SMILES string of the molecule is CCOc1cc(-c2ccc(N3CC[C@@H](NC(=O)CC(C)C)[C@@H](O)C3)nc2)c2c(C#N)cnn2c1. The summed E-state index contributed by atoms with van der Waals surface area (Å²) in [5, 5.41) is 27.4. The maximum Gasteiger partial charge on any atom is 0.220 e. The van der Waals surface area contributed by atoms with Crippen LogP contribution < -0.4 is 15.0 Å². The molecule has 0 unspecified atom stereocenters. The Bertz CT molecular complexity index is 1200. The second-order valence-electron chi connectivity index (χ2n) is 8.96. The van der Waals surface area contributed by atoms with Gasteiger partial charge in [0.05, 0.1) is 42.2 Å². The van der Waals surface area contributed by atoms with Crippen LogP contribution >= 0.6 is 0 Å². The Labute approximate surface area is 199 Å². The van der Waals surface area contributed by atoms with E-state index < -0.39 is 6.10 Å². The van der Waals surface area contributed by atoms with E-state index in [1.165, 1.54) is 0 Å². The van der Waals surface area contributed by atoms with Crippen molar-refractivity contribution in [1.82, 2.24) is 19.9 Å². The Hall–Kier alpha value is -3.64. The van der Waals surface area contributed by atoms with Crippen LogP contribution in [0.25, 0.3) is 16.6 Å². The summed E-state index contributed by atoms with van der Waals surface area (Å²) in [5.74, 6) is 1.67. The molecule has 178 valence electrons. The van der Waals surface area contributed by atoms with E-state index in [0.717, 1.165) is 16.9 Å². The lowest BCUT2D eigenvalue weighted by molar-refractivity contribution is -0.123. The van der Waals surface area contributed by atoms with Crippen LogP contribution in [0.4, 0.5) is 5.82 Å². The molecule has 4 rings (SSSR count). The molecule has 0 spiro atoms. The summed E-state index contributed by atoms with van der Waals surface area (Å²) in [6.45, 7) is 7.51. The topological polar surface area (TPSA) is 116 Å². The number of aliphatic hydroxyl groups excluding tert-OH is 1. The molecule has 3 aromatic heterocycles. The van der Waals surface area contributed by atoms with Gasteiger partial charge in [0, 0.05) is 36.8 Å². The minimum atomic E-state index is -0.668. The zero-order valence-electron chi connectivity index (χ0n) is 19.7. The van der Waals surface area contributed by atoms with E-state index in [0.29, 0.717) is 49.4 Å². The normalized spacial score (nSPS) is 18.2. The molecule has 0 aromatic carbocycles. The number of nitrogens with one attached hydrogen (secondary N) is 1. The first-order chi connectivity index (χ1) is 16.4. The van der Waals surface area contributed by atoms with E-state index in [9.17, 15) is 15.2 Å². The van der Waals surface area contributed by atoms with Crippen LogP contribution in [0.2, 0.25) is 0 Å². The summed E-state index contributed by atoms with van der Waals surface area (Å²) < 4.78 is 7.33. The highest BCUT2D eigenvalue weighted by atomic mass is 16.5. The number of hydrogen-bond donors (Lipinski definition) is 2. The Balaban J connectivity index is 1.52. The fourth-order valence-electron chi connectivity index (χ4n) is 4.32. The van der Waals surface area contributed by atoms with Crippen molar-refractivity contribution in [3.63, 3.8) is 0 Å². The number of carbonyl (C=O) groups excluding carboxylic acids is 1. The van der Waals surface area contributed by atoms with Crippen molar-refractivity contribution in [2.75, 3.05) is 24.6 Å². The molecule has 2 atom stereocenters. The van der Waals surface area contributed by atoms with Crippen molar-refractivity contribution < 1.29 is 14.6 Å². The maximum atomic E-state index is 12.1. The minimum Gasteiger partial charge on any atom is -0.492 e. The first kappa shape index (κ1) is 23.5. The van der Waals surface area contributed by atoms with Crippen LogP contribution in [0.15, 0.2) is 36.8 Å². The van der Waals surface area contributed by atoms with Gasteiger partial charge in [-0.1, -0.05) is 13.8 Å². The summed E-state index contributed by atoms with van der Waals surface area (Å²) in [5.41, 5.74) is 2.83. The van der Waals surface area contributed by atoms with Crippen LogP contribution in [0.5, 0.6) is 5.75 Å². The third kappa shape index (κ3) is 4.97. The van der Waals surface area contributed by atoms with Crippen LogP contribution in [0.3, 0.4) is 0 Å². The zero-order chi connectivity index (χ0) is 24.2. The lowest BCUT2D eigenvalue weighted by Gasteiger charge is -2.37. The number of rotatable bonds is 7. The van der Waals surface area contributed by atoms with Gasteiger partial charge in [-0.05, 0) is 37.5 Å². The number of aliphatic hydroxyl groups is 1. The lowest BCUT2D eigenvalue weighted by atomic mass is 10.0. The van der Waals surface area contributed by atoms with Crippen molar-refractivity contribution >= 4 is 17.2 Å². The third-order valence-electron chi connectivity index (χ3n) is 5.92. The predicted molar refractivity (Wildman–Crippen MR) is 129 cm³/mol. The predicted octanol–water partition coefficient (Wildman–Crippen LogP) is 2.77. The van der Waals surface area contributed by atoms with Gasteiger partial charge in [-0.25, -0.2) is 9.50 Å². The number of nitriles is 1. The number of pyridine rings is 2. The van der Waals surface area contributed by atoms with E-state index in [1.807, 2.05) is 43.9 Å². The zero-order valence-corrected chi connectivity index (χ0v) is 19.7. The molecule has 0 aliphatic carbocycles. The Morgan fingerprint density at radius 2 is 2.21 bits per heavy atom. The number of amides is 1. The van der Waals surface area contributed by atoms with Gasteiger partial charge in [0.25, 0.3) is 0 Å². The summed E-state index contributed by atoms with van der Waals surface area (Å²) in [4.78, 5) is 18.7. The van der Waals surface area contributed by atoms with Crippen LogP contribution in [-0.2, 0) is 4.79 Å². The molecule has 1 aliphatic rings. The Morgan fingerprint density at radius 1 is 1.38 bits per heavy atom. The lowest BCUT2D eigenvalue weighted by Crippen LogP contribution is -2.54. The van der Waals surface area contributed by atoms with Crippen LogP contribution in [0.1, 0.15) is 39.2 Å². The van der Waals surface area contributed by atoms with E-state index >= 15 is 0 Å². The van der Waals surface area contributed by atoms with Crippen LogP contribution in [-0.4, -0.2) is 57.5 Å². The second kappa shape index (κ2) is 10.1. The maximum absolute atomic E-state index is 12.1. The fraction of sp³-hybridized carbons (Fsp3) is 0.440. The monoisotopic (exact) mass is 462 g/mol. The van der Waals surface area contributed by atoms with Gasteiger partial charge < -0.3 is 20.1 Å². The third-order valence-corrected chi connectivity index (χ3v) is 5.92. The largest absolute Gasteiger partial charge is 0.492 e. The number of aromatic nitrogens is 3. The highest BCUT2D eigenvalue weighted by molar-refractivity contribution is 5.85. The van der Waals surface area contributed by atoms with Crippen LogP contribution in [0, 0.1) is 17.2 Å². The van der Waals surface area contributed by atoms with Crippen molar-refractivity contribution in [3.05, 3.63) is 42.4 Å². The summed E-state index contributed by atoms with van der Waals surface area (Å²) in [7, 11) is 0. The van der Waals surface area contributed by atoms with E-state index in [-0.39, 0.29) is 17.9 Å². The molecule has 9 heteroatoms. The van der Waals surface area contributed by atoms with Crippen molar-refractivity contribution in [3.8, 4) is 22.9 Å². The number of anilines is 1. The molecule has 1 saturated heterocycles. The summed E-state index contributed by atoms with van der Waals surface area (Å²) >= 11 is 0. The molecular formula is C25H30N6O3. The quantitative estimate of drug-likeness (QED) is 0.555. The molecule has 4 heterocycles. The highest BCUT2D eigenvalue weighted by Gasteiger charge is 2.29. The number of piperidine rings is 1. The van der Waals surface area contributed by atoms with E-state index in [1.54, 1.807) is 23.1 Å². The molecule has 2 N–H and O–H groups in total. The number of nitrogens with zero attached hydrogens (tertiary/aromatic N) is 5. The first-order valence-electron chi connectivity index (χ1n) is 11.6. The molecule has 0 radical (unpaired) electrons. The summed E-state index contributed by atoms with van der Waals surface area (Å²) in [6, 6.07) is 7.70. The molecule has 1 fully saturated rings. The molecular weight excluding hydrogens is 432 g/mol. The van der Waals surface area contributed by atoms with E-state index in [2.05, 4.69) is 21.5 Å². The summed E-state index contributed by atoms with van der Waals surface area (Å²) in [6.07, 6.45) is 5.50. The Morgan fingerprint density at radius 3 is 2.85 bits per heavy atom. The highest BCUT2D eigenvalue weighted by Crippen LogP contribution is 2.31. The standard InChI is InChI=1S/C25H30N6O3/c1-4-34-19-10-20(25-18(11-26)13-28-31(25)14-19)17-5-6-23(27-12-17)30-8-7-21(22(32)15-30)29-24(33)9-16(2)3/h5-6,10,12-14,16,21-22,32H,4,7-9,15H2,1-3H3,(H,29,33)/t21-,22+/m1/s1. The number of β-amino-alcohol motifs (C(OH)–C–C–N with tert-alkyl or cyclic N) is 1. The molecule has 0 bridgehead atoms. The van der Waals surface area contributed by atoms with Crippen molar-refractivity contribution in [2.45, 2.75) is 45.8 Å². The van der Waals surface area contributed by atoms with Gasteiger partial charge >= 0.3 is 0 Å². The van der Waals surface area contributed by atoms with E-state index in [4.69, 9.17) is 4.74 Å². The molecule has 34 heavy (non-hydrogen) atoms.